The molecule has 0 saturated heterocycles. The summed E-state index contributed by atoms with van der Waals surface area (Å²) < 4.78 is 0. The van der Waals surface area contributed by atoms with Crippen LogP contribution in [0.25, 0.3) is 10.9 Å². The van der Waals surface area contributed by atoms with Crippen molar-refractivity contribution in [2.45, 2.75) is 6.42 Å². The topological polar surface area (TPSA) is 125 Å². The molecule has 6 nitrogen and oxygen atoms in total. The van der Waals surface area contributed by atoms with E-state index in [9.17, 15) is 5.11 Å². The summed E-state index contributed by atoms with van der Waals surface area (Å²) in [6, 6.07) is 5.30. The molecule has 0 fully saturated rings. The van der Waals surface area contributed by atoms with Crippen molar-refractivity contribution in [3.63, 3.8) is 0 Å². The molecule has 0 atom stereocenters. The quantitative estimate of drug-likeness (QED) is 0.534. The fourth-order valence-corrected chi connectivity index (χ4v) is 1.53. The van der Waals surface area contributed by atoms with E-state index in [1.54, 1.807) is 12.1 Å². The fourth-order valence-electron chi connectivity index (χ4n) is 1.53. The second kappa shape index (κ2) is 5.76. The number of benzene rings is 1. The largest absolute Gasteiger partial charge is 0.508 e. The highest BCUT2D eigenvalue weighted by Crippen LogP contribution is 2.22. The molecule has 0 aliphatic heterocycles. The Hall–Kier alpha value is -2.21. The molecule has 1 aromatic heterocycles. The predicted octanol–water partition coefficient (Wildman–Crippen LogP) is 0.998. The summed E-state index contributed by atoms with van der Waals surface area (Å²) in [5.41, 5.74) is 11.7. The number of hydrogen-bond acceptors (Lipinski definition) is 3. The minimum Gasteiger partial charge on any atom is -0.508 e. The maximum absolute atomic E-state index is 9.30. The summed E-state index contributed by atoms with van der Waals surface area (Å²) >= 11 is 0. The van der Waals surface area contributed by atoms with E-state index in [1.165, 1.54) is 0 Å². The maximum atomic E-state index is 9.30. The number of phenols is 1. The van der Waals surface area contributed by atoms with Crippen LogP contribution >= 0.6 is 0 Å². The normalized spacial score (nSPS) is 9.71. The molecule has 2 aromatic rings. The third-order valence-electron chi connectivity index (χ3n) is 2.16. The number of carbonyl (C=O) groups is 1. The van der Waals surface area contributed by atoms with Crippen molar-refractivity contribution in [1.29, 1.82) is 0 Å². The molecule has 17 heavy (non-hydrogen) atoms. The minimum absolute atomic E-state index is 0.297. The molecule has 1 aromatic carbocycles. The predicted molar refractivity (Wildman–Crippen MR) is 64.9 cm³/mol. The first-order valence-corrected chi connectivity index (χ1v) is 5.02. The van der Waals surface area contributed by atoms with Crippen LogP contribution in [0.15, 0.2) is 24.4 Å². The Kier molecular flexibility index (Phi) is 4.36. The lowest BCUT2D eigenvalue weighted by Crippen LogP contribution is -2.03. The number of aromatic nitrogens is 1. The Morgan fingerprint density at radius 3 is 2.65 bits per heavy atom. The van der Waals surface area contributed by atoms with Gasteiger partial charge in [-0.3, -0.25) is 0 Å². The van der Waals surface area contributed by atoms with Gasteiger partial charge < -0.3 is 26.7 Å². The molecule has 1 heterocycles. The van der Waals surface area contributed by atoms with Crippen molar-refractivity contribution in [3.05, 3.63) is 30.0 Å². The molecule has 1 amide bonds. The number of nitrogens with two attached hydrogens (primary N) is 2. The highest BCUT2D eigenvalue weighted by atomic mass is 16.4. The number of primary amides is 1. The van der Waals surface area contributed by atoms with Crippen LogP contribution in [0.2, 0.25) is 0 Å². The lowest BCUT2D eigenvalue weighted by atomic mass is 10.1. The summed E-state index contributed by atoms with van der Waals surface area (Å²) in [6.07, 6.45) is 1.44. The number of phenolic OH excluding ortho intramolecular Hbond substituents is 1. The van der Waals surface area contributed by atoms with Crippen molar-refractivity contribution >= 4 is 17.0 Å². The van der Waals surface area contributed by atoms with Crippen molar-refractivity contribution in [2.24, 2.45) is 11.5 Å². The molecule has 0 radical (unpaired) electrons. The van der Waals surface area contributed by atoms with Crippen molar-refractivity contribution in [2.75, 3.05) is 6.54 Å². The van der Waals surface area contributed by atoms with Crippen LogP contribution in [0.1, 0.15) is 5.56 Å². The minimum atomic E-state index is -1.33. The number of amides is 1. The van der Waals surface area contributed by atoms with Gasteiger partial charge in [0.1, 0.15) is 5.75 Å². The molecule has 7 N–H and O–H groups in total. The maximum Gasteiger partial charge on any atom is 0.402 e. The molecule has 0 saturated carbocycles. The average Bonchev–Trinajstić information content (AvgIpc) is 2.61. The Labute approximate surface area is 97.9 Å². The van der Waals surface area contributed by atoms with Crippen molar-refractivity contribution in [3.8, 4) is 5.75 Å². The number of hydrogen-bond donors (Lipinski definition) is 5. The SMILES string of the molecule is NC(=O)O.NCCc1c[nH]c2ccc(O)cc12. The van der Waals surface area contributed by atoms with Gasteiger partial charge in [-0.1, -0.05) is 0 Å². The van der Waals surface area contributed by atoms with Gasteiger partial charge in [0.15, 0.2) is 0 Å². The van der Waals surface area contributed by atoms with E-state index < -0.39 is 6.09 Å². The molecular weight excluding hydrogens is 222 g/mol. The highest BCUT2D eigenvalue weighted by molar-refractivity contribution is 5.84. The second-order valence-electron chi connectivity index (χ2n) is 3.42. The van der Waals surface area contributed by atoms with Gasteiger partial charge >= 0.3 is 6.09 Å². The molecule has 6 heteroatoms. The number of aromatic amines is 1. The Balaban J connectivity index is 0.000000317. The van der Waals surface area contributed by atoms with Gasteiger partial charge in [0.05, 0.1) is 0 Å². The number of fused-ring (bicyclic) bond motifs is 1. The molecular formula is C11H15N3O3. The molecule has 2 rings (SSSR count). The first kappa shape index (κ1) is 12.9. The van der Waals surface area contributed by atoms with E-state index in [0.717, 1.165) is 22.9 Å². The second-order valence-corrected chi connectivity index (χ2v) is 3.42. The van der Waals surface area contributed by atoms with Gasteiger partial charge in [-0.2, -0.15) is 0 Å². The van der Waals surface area contributed by atoms with Crippen LogP contribution in [-0.2, 0) is 6.42 Å². The van der Waals surface area contributed by atoms with Crippen LogP contribution < -0.4 is 11.5 Å². The highest BCUT2D eigenvalue weighted by Gasteiger charge is 2.02. The Morgan fingerprint density at radius 2 is 2.06 bits per heavy atom. The zero-order valence-corrected chi connectivity index (χ0v) is 9.18. The van der Waals surface area contributed by atoms with Gasteiger partial charge in [-0.25, -0.2) is 4.79 Å². The molecule has 0 unspecified atom stereocenters. The summed E-state index contributed by atoms with van der Waals surface area (Å²) in [5, 5.41) is 17.6. The Bertz CT molecular complexity index is 504. The van der Waals surface area contributed by atoms with Crippen LogP contribution in [-0.4, -0.2) is 27.8 Å². The summed E-state index contributed by atoms with van der Waals surface area (Å²) in [6.45, 7) is 0.628. The van der Waals surface area contributed by atoms with Crippen molar-refractivity contribution < 1.29 is 15.0 Å². The first-order valence-electron chi connectivity index (χ1n) is 5.02. The van der Waals surface area contributed by atoms with Gasteiger partial charge in [0.2, 0.25) is 0 Å². The monoisotopic (exact) mass is 237 g/mol. The zero-order chi connectivity index (χ0) is 12.8. The van der Waals surface area contributed by atoms with Gasteiger partial charge in [-0.15, -0.1) is 0 Å². The Morgan fingerprint density at radius 1 is 1.41 bits per heavy atom. The van der Waals surface area contributed by atoms with E-state index in [4.69, 9.17) is 15.6 Å². The number of aromatic hydroxyl groups is 1. The lowest BCUT2D eigenvalue weighted by Gasteiger charge is -1.96. The lowest BCUT2D eigenvalue weighted by molar-refractivity contribution is 0.205. The van der Waals surface area contributed by atoms with Crippen LogP contribution in [0.4, 0.5) is 4.79 Å². The van der Waals surface area contributed by atoms with Gasteiger partial charge in [0, 0.05) is 17.1 Å². The smallest absolute Gasteiger partial charge is 0.402 e. The summed E-state index contributed by atoms with van der Waals surface area (Å²) in [5.74, 6) is 0.297. The molecule has 0 spiro atoms. The third-order valence-corrected chi connectivity index (χ3v) is 2.16. The van der Waals surface area contributed by atoms with Crippen molar-refractivity contribution in [1.82, 2.24) is 4.98 Å². The fraction of sp³-hybridized carbons (Fsp3) is 0.182. The van der Waals surface area contributed by atoms with E-state index in [0.29, 0.717) is 12.3 Å². The zero-order valence-electron chi connectivity index (χ0n) is 9.18. The molecule has 92 valence electrons. The molecule has 0 aliphatic carbocycles. The van der Waals surface area contributed by atoms with E-state index >= 15 is 0 Å². The summed E-state index contributed by atoms with van der Waals surface area (Å²) in [7, 11) is 0. The van der Waals surface area contributed by atoms with Crippen LogP contribution in [0.5, 0.6) is 5.75 Å². The van der Waals surface area contributed by atoms with E-state index in [1.807, 2.05) is 12.3 Å². The van der Waals surface area contributed by atoms with E-state index in [2.05, 4.69) is 10.7 Å². The van der Waals surface area contributed by atoms with Crippen LogP contribution in [0, 0.1) is 0 Å². The number of rotatable bonds is 2. The van der Waals surface area contributed by atoms with Crippen LogP contribution in [0.3, 0.4) is 0 Å². The van der Waals surface area contributed by atoms with E-state index in [-0.39, 0.29) is 0 Å². The third kappa shape index (κ3) is 3.69. The van der Waals surface area contributed by atoms with Gasteiger partial charge in [0.25, 0.3) is 0 Å². The average molecular weight is 237 g/mol. The number of nitrogens with one attached hydrogen (secondary N) is 1. The molecule has 0 aliphatic rings. The first-order chi connectivity index (χ1) is 8.04. The standard InChI is InChI=1S/C10H12N2O.CH3NO2/c11-4-3-7-6-12-10-2-1-8(13)5-9(7)10;2-1(3)4/h1-2,5-6,12-13H,3-4,11H2;2H2,(H,3,4). The number of carboxylic acid groups (broad SMARTS) is 1. The summed E-state index contributed by atoms with van der Waals surface area (Å²) in [4.78, 5) is 11.9. The molecule has 0 bridgehead atoms. The van der Waals surface area contributed by atoms with Gasteiger partial charge in [-0.05, 0) is 36.7 Å². The number of H-pyrrole nitrogens is 1.